The number of nitrogens with zero attached hydrogens (tertiary/aromatic N) is 5. The molecule has 0 saturated carbocycles. The van der Waals surface area contributed by atoms with E-state index >= 15 is 0 Å². The summed E-state index contributed by atoms with van der Waals surface area (Å²) in [5, 5.41) is 0.725. The van der Waals surface area contributed by atoms with Gasteiger partial charge in [-0.1, -0.05) is 23.7 Å². The largest absolute Gasteiger partial charge is 0.363 e. The van der Waals surface area contributed by atoms with E-state index in [1.165, 1.54) is 0 Å². The topological polar surface area (TPSA) is 52.6 Å². The molecule has 0 bridgehead atoms. The van der Waals surface area contributed by atoms with Gasteiger partial charge in [-0.15, -0.1) is 0 Å². The van der Waals surface area contributed by atoms with Crippen molar-refractivity contribution in [2.24, 2.45) is 5.41 Å². The minimum atomic E-state index is 0.0947. The maximum Gasteiger partial charge on any atom is 0.223 e. The van der Waals surface area contributed by atoms with Gasteiger partial charge in [-0.3, -0.25) is 4.79 Å². The van der Waals surface area contributed by atoms with Crippen LogP contribution >= 0.6 is 11.6 Å². The third-order valence-electron chi connectivity index (χ3n) is 5.94. The van der Waals surface area contributed by atoms with Crippen LogP contribution in [0.2, 0.25) is 5.02 Å². The Morgan fingerprint density at radius 2 is 1.86 bits per heavy atom. The maximum atomic E-state index is 12.7. The molecule has 4 rings (SSSR count). The van der Waals surface area contributed by atoms with E-state index in [1.54, 1.807) is 6.33 Å². The summed E-state index contributed by atoms with van der Waals surface area (Å²) in [4.78, 5) is 27.7. The van der Waals surface area contributed by atoms with E-state index in [0.717, 1.165) is 54.7 Å². The van der Waals surface area contributed by atoms with Crippen LogP contribution in [0.25, 0.3) is 0 Å². The van der Waals surface area contributed by atoms with Crippen LogP contribution in [0.1, 0.15) is 24.8 Å². The molecule has 1 aromatic heterocycles. The summed E-state index contributed by atoms with van der Waals surface area (Å²) in [6, 6.07) is 9.80. The highest BCUT2D eigenvalue weighted by molar-refractivity contribution is 6.30. The van der Waals surface area contributed by atoms with Gasteiger partial charge in [0.15, 0.2) is 0 Å². The Hall–Kier alpha value is -2.34. The molecule has 0 unspecified atom stereocenters. The van der Waals surface area contributed by atoms with E-state index < -0.39 is 0 Å². The van der Waals surface area contributed by atoms with Crippen molar-refractivity contribution in [2.45, 2.75) is 25.8 Å². The van der Waals surface area contributed by atoms with Crippen molar-refractivity contribution in [1.82, 2.24) is 14.9 Å². The number of hydrogen-bond donors (Lipinski definition) is 0. The van der Waals surface area contributed by atoms with Gasteiger partial charge < -0.3 is 14.7 Å². The van der Waals surface area contributed by atoms with Crippen LogP contribution in [-0.4, -0.2) is 54.5 Å². The van der Waals surface area contributed by atoms with Crippen molar-refractivity contribution in [3.63, 3.8) is 0 Å². The lowest BCUT2D eigenvalue weighted by molar-refractivity contribution is -0.128. The number of halogens is 1. The molecular formula is C21H26ClN5O. The van der Waals surface area contributed by atoms with Crippen LogP contribution in [0.5, 0.6) is 0 Å². The Morgan fingerprint density at radius 3 is 2.54 bits per heavy atom. The normalized spacial score (nSPS) is 18.8. The van der Waals surface area contributed by atoms with E-state index in [0.29, 0.717) is 13.0 Å². The smallest absolute Gasteiger partial charge is 0.223 e. The molecule has 0 N–H and O–H groups in total. The fraction of sp³-hybridized carbons (Fsp3) is 0.476. The number of piperidine rings is 1. The highest BCUT2D eigenvalue weighted by Gasteiger charge is 2.44. The zero-order valence-corrected chi connectivity index (χ0v) is 17.2. The summed E-state index contributed by atoms with van der Waals surface area (Å²) < 4.78 is 0. The summed E-state index contributed by atoms with van der Waals surface area (Å²) in [6.07, 6.45) is 4.30. The first-order valence-corrected chi connectivity index (χ1v) is 10.1. The van der Waals surface area contributed by atoms with Crippen molar-refractivity contribution < 1.29 is 4.79 Å². The Morgan fingerprint density at radius 1 is 1.14 bits per heavy atom. The Bertz CT molecular complexity index is 846. The number of rotatable bonds is 4. The zero-order chi connectivity index (χ0) is 19.7. The first kappa shape index (κ1) is 19.0. The predicted molar refractivity (Wildman–Crippen MR) is 112 cm³/mol. The Balaban J connectivity index is 1.39. The molecule has 0 radical (unpaired) electrons. The standard InChI is InChI=1S/C21H26ClN5O/c1-25(2)18-11-19(24-15-23-18)26-9-7-21(8-10-26)12-20(28)27(14-21)13-16-3-5-17(22)6-4-16/h3-6,11,15H,7-10,12-14H2,1-2H3. The van der Waals surface area contributed by atoms with Gasteiger partial charge in [-0.25, -0.2) is 9.97 Å². The fourth-order valence-electron chi connectivity index (χ4n) is 4.24. The third-order valence-corrected chi connectivity index (χ3v) is 6.19. The average molecular weight is 400 g/mol. The summed E-state index contributed by atoms with van der Waals surface area (Å²) in [5.41, 5.74) is 1.22. The Labute approximate surface area is 171 Å². The summed E-state index contributed by atoms with van der Waals surface area (Å²) in [6.45, 7) is 3.35. The van der Waals surface area contributed by atoms with E-state index in [2.05, 4.69) is 14.9 Å². The van der Waals surface area contributed by atoms with Crippen molar-refractivity contribution in [3.8, 4) is 0 Å². The van der Waals surface area contributed by atoms with Gasteiger partial charge in [0.1, 0.15) is 18.0 Å². The first-order valence-electron chi connectivity index (χ1n) is 9.71. The molecule has 2 saturated heterocycles. The van der Waals surface area contributed by atoms with Gasteiger partial charge >= 0.3 is 0 Å². The molecule has 1 spiro atoms. The van der Waals surface area contributed by atoms with Crippen LogP contribution in [0.15, 0.2) is 36.7 Å². The summed E-state index contributed by atoms with van der Waals surface area (Å²) in [7, 11) is 3.97. The lowest BCUT2D eigenvalue weighted by Gasteiger charge is -2.39. The predicted octanol–water partition coefficient (Wildman–Crippen LogP) is 3.22. The van der Waals surface area contributed by atoms with Crippen LogP contribution in [0, 0.1) is 5.41 Å². The maximum absolute atomic E-state index is 12.7. The van der Waals surface area contributed by atoms with Crippen molar-refractivity contribution in [1.29, 1.82) is 0 Å². The number of aromatic nitrogens is 2. The molecule has 2 fully saturated rings. The highest BCUT2D eigenvalue weighted by Crippen LogP contribution is 2.42. The number of carbonyl (C=O) groups is 1. The number of likely N-dealkylation sites (tertiary alicyclic amines) is 1. The quantitative estimate of drug-likeness (QED) is 0.790. The average Bonchev–Trinajstić information content (AvgIpc) is 2.99. The SMILES string of the molecule is CN(C)c1cc(N2CCC3(CC2)CC(=O)N(Cc2ccc(Cl)cc2)C3)ncn1. The molecule has 0 atom stereocenters. The molecule has 2 aliphatic heterocycles. The molecule has 2 aliphatic rings. The second-order valence-electron chi connectivity index (χ2n) is 8.17. The van der Waals surface area contributed by atoms with Crippen LogP contribution in [0.3, 0.4) is 0 Å². The molecule has 28 heavy (non-hydrogen) atoms. The molecule has 7 heteroatoms. The van der Waals surface area contributed by atoms with Crippen molar-refractivity contribution in [2.75, 3.05) is 43.5 Å². The van der Waals surface area contributed by atoms with Gasteiger partial charge in [-0.05, 0) is 30.5 Å². The van der Waals surface area contributed by atoms with Gasteiger partial charge in [0.05, 0.1) is 0 Å². The molecular weight excluding hydrogens is 374 g/mol. The van der Waals surface area contributed by atoms with Gasteiger partial charge in [0, 0.05) is 63.2 Å². The lowest BCUT2D eigenvalue weighted by atomic mass is 9.77. The summed E-state index contributed by atoms with van der Waals surface area (Å²) in [5.74, 6) is 2.15. The second-order valence-corrected chi connectivity index (χ2v) is 8.61. The van der Waals surface area contributed by atoms with E-state index in [9.17, 15) is 4.79 Å². The van der Waals surface area contributed by atoms with E-state index in [1.807, 2.05) is 54.2 Å². The van der Waals surface area contributed by atoms with E-state index in [-0.39, 0.29) is 11.3 Å². The second kappa shape index (κ2) is 7.59. The molecule has 2 aromatic rings. The number of benzene rings is 1. The molecule has 6 nitrogen and oxygen atoms in total. The minimum Gasteiger partial charge on any atom is -0.363 e. The Kier molecular flexibility index (Phi) is 5.15. The fourth-order valence-corrected chi connectivity index (χ4v) is 4.36. The van der Waals surface area contributed by atoms with Crippen molar-refractivity contribution >= 4 is 29.1 Å². The van der Waals surface area contributed by atoms with Gasteiger partial charge in [-0.2, -0.15) is 0 Å². The lowest BCUT2D eigenvalue weighted by Crippen LogP contribution is -2.42. The number of anilines is 2. The third kappa shape index (κ3) is 3.92. The van der Waals surface area contributed by atoms with Crippen LogP contribution in [0.4, 0.5) is 11.6 Å². The van der Waals surface area contributed by atoms with Crippen LogP contribution in [-0.2, 0) is 11.3 Å². The number of amides is 1. The van der Waals surface area contributed by atoms with Gasteiger partial charge in [0.25, 0.3) is 0 Å². The number of hydrogen-bond acceptors (Lipinski definition) is 5. The van der Waals surface area contributed by atoms with Gasteiger partial charge in [0.2, 0.25) is 5.91 Å². The minimum absolute atomic E-state index is 0.0947. The molecule has 1 amide bonds. The first-order chi connectivity index (χ1) is 13.4. The monoisotopic (exact) mass is 399 g/mol. The number of carbonyl (C=O) groups excluding carboxylic acids is 1. The molecule has 3 heterocycles. The van der Waals surface area contributed by atoms with Crippen molar-refractivity contribution in [3.05, 3.63) is 47.2 Å². The van der Waals surface area contributed by atoms with E-state index in [4.69, 9.17) is 11.6 Å². The summed E-state index contributed by atoms with van der Waals surface area (Å²) >= 11 is 5.97. The van der Waals surface area contributed by atoms with Crippen LogP contribution < -0.4 is 9.80 Å². The molecule has 1 aromatic carbocycles. The zero-order valence-electron chi connectivity index (χ0n) is 16.4. The molecule has 148 valence electrons. The molecule has 0 aliphatic carbocycles. The highest BCUT2D eigenvalue weighted by atomic mass is 35.5.